The maximum atomic E-state index is 12.1. The summed E-state index contributed by atoms with van der Waals surface area (Å²) in [6.07, 6.45) is 3.18. The number of primary amides is 2. The molecule has 0 radical (unpaired) electrons. The van der Waals surface area contributed by atoms with Crippen molar-refractivity contribution in [3.05, 3.63) is 106 Å². The third-order valence-corrected chi connectivity index (χ3v) is 9.98. The minimum absolute atomic E-state index is 0.0493. The zero-order chi connectivity index (χ0) is 43.5. The lowest BCUT2D eigenvalue weighted by Crippen LogP contribution is -2.24. The first-order valence-corrected chi connectivity index (χ1v) is 19.3. The van der Waals surface area contributed by atoms with Gasteiger partial charge < -0.3 is 51.7 Å². The van der Waals surface area contributed by atoms with Crippen LogP contribution in [0.3, 0.4) is 0 Å². The Morgan fingerprint density at radius 3 is 1.47 bits per heavy atom. The number of likely N-dealkylation sites (N-methyl/N-ethyl adjacent to an activating group) is 1. The number of methoxy groups -OCH3 is 4. The number of hydrogen-bond donors (Lipinski definition) is 6. The second-order valence-electron chi connectivity index (χ2n) is 13.6. The molecule has 0 spiro atoms. The standard InChI is InChI=1S/C23H26N4O4.C22H26N4O3/c1-5-25-21(28)9-14-7-6-8-17(13(14)2)27-22-15-10-19(30-3)20(31-4)11-18(15)26-12-16(22)23(24)29;1-5-24-11-14-7-6-8-17(13(14)2)26-21-15-9-19(28-3)20(29-4)10-18(15)25-12-16(21)22(23)27/h6-8,10-12H,5,9H2,1-4H3,(H2,24,29)(H,25,28)(H,26,27);6-10,12,24H,5,11H2,1-4H3,(H2,23,27)(H,25,26). The number of aromatic nitrogens is 2. The van der Waals surface area contributed by atoms with E-state index in [1.54, 1.807) is 45.6 Å². The first-order valence-electron chi connectivity index (χ1n) is 19.3. The number of pyridine rings is 2. The van der Waals surface area contributed by atoms with Gasteiger partial charge in [0.1, 0.15) is 0 Å². The van der Waals surface area contributed by atoms with Crippen LogP contribution in [0.15, 0.2) is 73.1 Å². The van der Waals surface area contributed by atoms with E-state index in [0.717, 1.165) is 46.5 Å². The summed E-state index contributed by atoms with van der Waals surface area (Å²) in [6.45, 7) is 10.2. The number of anilines is 4. The van der Waals surface area contributed by atoms with Gasteiger partial charge in [-0.05, 0) is 73.8 Å². The number of nitrogens with one attached hydrogen (secondary N) is 4. The molecule has 15 heteroatoms. The van der Waals surface area contributed by atoms with Gasteiger partial charge in [-0.15, -0.1) is 0 Å². The highest BCUT2D eigenvalue weighted by Crippen LogP contribution is 2.39. The number of carbonyl (C=O) groups is 3. The van der Waals surface area contributed by atoms with E-state index < -0.39 is 11.8 Å². The third-order valence-electron chi connectivity index (χ3n) is 9.98. The molecule has 0 saturated carbocycles. The number of carbonyl (C=O) groups excluding carboxylic acids is 3. The smallest absolute Gasteiger partial charge is 0.252 e. The fourth-order valence-corrected chi connectivity index (χ4v) is 6.66. The van der Waals surface area contributed by atoms with Crippen molar-refractivity contribution in [1.29, 1.82) is 0 Å². The van der Waals surface area contributed by atoms with Crippen LogP contribution in [0, 0.1) is 13.8 Å². The highest BCUT2D eigenvalue weighted by atomic mass is 16.5. The van der Waals surface area contributed by atoms with Crippen molar-refractivity contribution < 1.29 is 33.3 Å². The van der Waals surface area contributed by atoms with E-state index in [4.69, 9.17) is 30.4 Å². The second-order valence-corrected chi connectivity index (χ2v) is 13.6. The molecular weight excluding hydrogens is 765 g/mol. The van der Waals surface area contributed by atoms with Crippen LogP contribution in [0.5, 0.6) is 23.0 Å². The molecule has 0 atom stereocenters. The van der Waals surface area contributed by atoms with Crippen molar-refractivity contribution in [3.63, 3.8) is 0 Å². The largest absolute Gasteiger partial charge is 0.493 e. The predicted octanol–water partition coefficient (Wildman–Crippen LogP) is 6.59. The van der Waals surface area contributed by atoms with E-state index in [1.165, 1.54) is 25.1 Å². The monoisotopic (exact) mass is 816 g/mol. The van der Waals surface area contributed by atoms with E-state index in [-0.39, 0.29) is 17.9 Å². The summed E-state index contributed by atoms with van der Waals surface area (Å²) in [5, 5.41) is 14.3. The zero-order valence-electron chi connectivity index (χ0n) is 35.2. The Labute approximate surface area is 349 Å². The van der Waals surface area contributed by atoms with Gasteiger partial charge in [0.25, 0.3) is 11.8 Å². The molecule has 15 nitrogen and oxygen atoms in total. The molecule has 0 aliphatic rings. The number of amides is 3. The summed E-state index contributed by atoms with van der Waals surface area (Å²) in [6, 6.07) is 18.8. The SMILES string of the molecule is CCNC(=O)Cc1cccc(Nc2c(C(N)=O)cnc3cc(OC)c(OC)cc23)c1C.CCNCc1cccc(Nc2c(C(N)=O)cnc3cc(OC)c(OC)cc23)c1C. The molecule has 3 amide bonds. The summed E-state index contributed by atoms with van der Waals surface area (Å²) < 4.78 is 21.6. The number of hydrogen-bond acceptors (Lipinski definition) is 12. The molecular formula is C45H52N8O7. The third kappa shape index (κ3) is 9.76. The van der Waals surface area contributed by atoms with E-state index in [9.17, 15) is 14.4 Å². The van der Waals surface area contributed by atoms with Gasteiger partial charge in [0.2, 0.25) is 5.91 Å². The molecule has 6 aromatic rings. The summed E-state index contributed by atoms with van der Waals surface area (Å²) in [5.74, 6) is 0.925. The van der Waals surface area contributed by atoms with Crippen molar-refractivity contribution in [2.45, 2.75) is 40.7 Å². The van der Waals surface area contributed by atoms with E-state index in [2.05, 4.69) is 44.2 Å². The molecule has 0 fully saturated rings. The molecule has 2 heterocycles. The van der Waals surface area contributed by atoms with Crippen LogP contribution in [-0.2, 0) is 17.8 Å². The van der Waals surface area contributed by atoms with E-state index >= 15 is 0 Å². The molecule has 4 aromatic carbocycles. The lowest BCUT2D eigenvalue weighted by Gasteiger charge is -2.18. The fourth-order valence-electron chi connectivity index (χ4n) is 6.66. The number of nitrogens with two attached hydrogens (primary N) is 2. The van der Waals surface area contributed by atoms with E-state index in [0.29, 0.717) is 62.9 Å². The van der Waals surface area contributed by atoms with Crippen LogP contribution < -0.4 is 51.7 Å². The van der Waals surface area contributed by atoms with E-state index in [1.807, 2.05) is 51.1 Å². The summed E-state index contributed by atoms with van der Waals surface area (Å²) in [4.78, 5) is 45.0. The lowest BCUT2D eigenvalue weighted by molar-refractivity contribution is -0.120. The zero-order valence-corrected chi connectivity index (χ0v) is 35.2. The maximum Gasteiger partial charge on any atom is 0.252 e. The van der Waals surface area contributed by atoms with Gasteiger partial charge in [-0.25, -0.2) is 0 Å². The van der Waals surface area contributed by atoms with Crippen molar-refractivity contribution in [2.75, 3.05) is 52.2 Å². The topological polar surface area (TPSA) is 214 Å². The normalized spacial score (nSPS) is 10.7. The quantitative estimate of drug-likeness (QED) is 0.0610. The summed E-state index contributed by atoms with van der Waals surface area (Å²) in [5.41, 5.74) is 19.9. The minimum atomic E-state index is -0.609. The van der Waals surface area contributed by atoms with Gasteiger partial charge >= 0.3 is 0 Å². The highest BCUT2D eigenvalue weighted by Gasteiger charge is 2.20. The molecule has 0 unspecified atom stereocenters. The highest BCUT2D eigenvalue weighted by molar-refractivity contribution is 6.09. The molecule has 0 aliphatic heterocycles. The number of rotatable bonds is 16. The molecule has 0 saturated heterocycles. The summed E-state index contributed by atoms with van der Waals surface area (Å²) >= 11 is 0. The van der Waals surface area contributed by atoms with Crippen LogP contribution in [0.25, 0.3) is 21.8 Å². The average molecular weight is 817 g/mol. The molecule has 6 rings (SSSR count). The van der Waals surface area contributed by atoms with Gasteiger partial charge in [0.05, 0.1) is 68.4 Å². The maximum absolute atomic E-state index is 12.1. The van der Waals surface area contributed by atoms with Crippen LogP contribution >= 0.6 is 0 Å². The number of benzene rings is 4. The van der Waals surface area contributed by atoms with Crippen molar-refractivity contribution >= 4 is 62.3 Å². The predicted molar refractivity (Wildman–Crippen MR) is 235 cm³/mol. The van der Waals surface area contributed by atoms with Crippen molar-refractivity contribution in [1.82, 2.24) is 20.6 Å². The Kier molecular flexibility index (Phi) is 14.7. The van der Waals surface area contributed by atoms with Crippen LogP contribution in [0.2, 0.25) is 0 Å². The second kappa shape index (κ2) is 20.0. The molecule has 2 aromatic heterocycles. The van der Waals surface area contributed by atoms with Crippen LogP contribution in [0.1, 0.15) is 56.8 Å². The Balaban J connectivity index is 0.000000228. The molecule has 0 bridgehead atoms. The Morgan fingerprint density at radius 2 is 1.05 bits per heavy atom. The van der Waals surface area contributed by atoms with Gasteiger partial charge in [-0.1, -0.05) is 31.2 Å². The number of fused-ring (bicyclic) bond motifs is 2. The van der Waals surface area contributed by atoms with Crippen molar-refractivity contribution in [3.8, 4) is 23.0 Å². The Hall–Kier alpha value is -7.13. The Morgan fingerprint density at radius 1 is 0.617 bits per heavy atom. The van der Waals surface area contributed by atoms with Gasteiger partial charge in [-0.3, -0.25) is 24.4 Å². The first kappa shape index (κ1) is 44.0. The van der Waals surface area contributed by atoms with Gasteiger partial charge in [0, 0.05) is 59.8 Å². The molecule has 8 N–H and O–H groups in total. The molecule has 0 aliphatic carbocycles. The Bertz CT molecular complexity index is 2540. The van der Waals surface area contributed by atoms with Gasteiger partial charge in [-0.2, -0.15) is 0 Å². The summed E-state index contributed by atoms with van der Waals surface area (Å²) in [7, 11) is 6.22. The lowest BCUT2D eigenvalue weighted by atomic mass is 10.0. The fraction of sp³-hybridized carbons (Fsp3) is 0.267. The minimum Gasteiger partial charge on any atom is -0.493 e. The van der Waals surface area contributed by atoms with Crippen LogP contribution in [-0.4, -0.2) is 69.2 Å². The average Bonchev–Trinajstić information content (AvgIpc) is 3.24. The number of nitrogens with zero attached hydrogens (tertiary/aromatic N) is 2. The molecule has 60 heavy (non-hydrogen) atoms. The van der Waals surface area contributed by atoms with Crippen LogP contribution in [0.4, 0.5) is 22.7 Å². The van der Waals surface area contributed by atoms with Gasteiger partial charge in [0.15, 0.2) is 23.0 Å². The first-order chi connectivity index (χ1) is 28.9. The number of ether oxygens (including phenoxy) is 4. The molecule has 314 valence electrons. The van der Waals surface area contributed by atoms with Crippen molar-refractivity contribution in [2.24, 2.45) is 11.5 Å².